The predicted octanol–water partition coefficient (Wildman–Crippen LogP) is 2.11. The maximum Gasteiger partial charge on any atom is 0.211 e. The molecule has 2 aromatic rings. The summed E-state index contributed by atoms with van der Waals surface area (Å²) in [5, 5.41) is 4.99. The van der Waals surface area contributed by atoms with Gasteiger partial charge in [0.2, 0.25) is 6.41 Å². The molecule has 17 heavy (non-hydrogen) atoms. The molecule has 1 heterocycles. The lowest BCUT2D eigenvalue weighted by molar-refractivity contribution is -0.105. The van der Waals surface area contributed by atoms with Gasteiger partial charge < -0.3 is 11.1 Å². The first-order valence-corrected chi connectivity index (χ1v) is 5.87. The van der Waals surface area contributed by atoms with Gasteiger partial charge in [0.15, 0.2) is 5.78 Å². The molecule has 84 valence electrons. The highest BCUT2D eigenvalue weighted by Crippen LogP contribution is 2.46. The molecule has 0 radical (unpaired) electrons. The molecule has 3 rings (SSSR count). The monoisotopic (exact) mass is 244 g/mol. The Morgan fingerprint density at radius 3 is 2.82 bits per heavy atom. The minimum absolute atomic E-state index is 0.0664. The number of benzene rings is 1. The Morgan fingerprint density at radius 1 is 1.24 bits per heavy atom. The molecule has 1 aliphatic rings. The molecular weight excluding hydrogens is 236 g/mol. The van der Waals surface area contributed by atoms with Gasteiger partial charge in [-0.1, -0.05) is 12.1 Å². The topological polar surface area (TPSA) is 72.2 Å². The van der Waals surface area contributed by atoms with E-state index in [0.29, 0.717) is 28.2 Å². The number of rotatable bonds is 2. The van der Waals surface area contributed by atoms with Crippen LogP contribution in [0.5, 0.6) is 0 Å². The fraction of sp³-hybridized carbons (Fsp3) is 0. The molecule has 1 aliphatic carbocycles. The lowest BCUT2D eigenvalue weighted by atomic mass is 10.1. The zero-order valence-corrected chi connectivity index (χ0v) is 9.51. The summed E-state index contributed by atoms with van der Waals surface area (Å²) in [6.45, 7) is 0. The second-order valence-corrected chi connectivity index (χ2v) is 4.62. The van der Waals surface area contributed by atoms with Gasteiger partial charge in [-0.3, -0.25) is 9.59 Å². The molecule has 0 aliphatic heterocycles. The van der Waals surface area contributed by atoms with Gasteiger partial charge in [0, 0.05) is 27.8 Å². The molecule has 1 aromatic heterocycles. The molecule has 1 aromatic carbocycles. The van der Waals surface area contributed by atoms with Crippen LogP contribution in [0.15, 0.2) is 23.6 Å². The van der Waals surface area contributed by atoms with Crippen molar-refractivity contribution >= 4 is 34.2 Å². The number of hydrogen-bond acceptors (Lipinski definition) is 4. The minimum atomic E-state index is -0.0664. The molecule has 0 bridgehead atoms. The van der Waals surface area contributed by atoms with Gasteiger partial charge in [0.1, 0.15) is 0 Å². The molecule has 0 unspecified atom stereocenters. The SMILES string of the molecule is Nc1scc2c1C(=O)c1cccc(NC=O)c1-2. The smallest absolute Gasteiger partial charge is 0.211 e. The van der Waals surface area contributed by atoms with Gasteiger partial charge in [0.05, 0.1) is 10.6 Å². The van der Waals surface area contributed by atoms with Crippen LogP contribution in [-0.2, 0) is 4.79 Å². The molecule has 0 fully saturated rings. The average Bonchev–Trinajstić information content (AvgIpc) is 2.82. The highest BCUT2D eigenvalue weighted by molar-refractivity contribution is 7.15. The minimum Gasteiger partial charge on any atom is -0.390 e. The van der Waals surface area contributed by atoms with Crippen molar-refractivity contribution in [1.82, 2.24) is 0 Å². The van der Waals surface area contributed by atoms with Gasteiger partial charge >= 0.3 is 0 Å². The Bertz CT molecular complexity index is 646. The lowest BCUT2D eigenvalue weighted by Crippen LogP contribution is -1.99. The van der Waals surface area contributed by atoms with E-state index in [9.17, 15) is 9.59 Å². The number of fused-ring (bicyclic) bond motifs is 3. The van der Waals surface area contributed by atoms with Crippen molar-refractivity contribution in [2.24, 2.45) is 0 Å². The molecule has 0 atom stereocenters. The Morgan fingerprint density at radius 2 is 2.06 bits per heavy atom. The molecule has 4 nitrogen and oxygen atoms in total. The number of carbonyl (C=O) groups excluding carboxylic acids is 2. The van der Waals surface area contributed by atoms with Crippen molar-refractivity contribution in [1.29, 1.82) is 0 Å². The number of nitrogen functional groups attached to an aromatic ring is 1. The van der Waals surface area contributed by atoms with Crippen LogP contribution in [0, 0.1) is 0 Å². The van der Waals surface area contributed by atoms with E-state index in [-0.39, 0.29) is 5.78 Å². The fourth-order valence-electron chi connectivity index (χ4n) is 2.14. The van der Waals surface area contributed by atoms with Crippen LogP contribution in [-0.4, -0.2) is 12.2 Å². The van der Waals surface area contributed by atoms with E-state index in [0.717, 1.165) is 11.1 Å². The largest absolute Gasteiger partial charge is 0.390 e. The van der Waals surface area contributed by atoms with Crippen LogP contribution >= 0.6 is 11.3 Å². The first-order chi connectivity index (χ1) is 8.24. The number of nitrogens with two attached hydrogens (primary N) is 1. The molecule has 5 heteroatoms. The standard InChI is InChI=1S/C12H8N2O2S/c13-12-10-7(4-17-12)9-6(11(10)16)2-1-3-8(9)14-5-15/h1-5H,13H2,(H,14,15). The van der Waals surface area contributed by atoms with Crippen LogP contribution in [0.4, 0.5) is 10.7 Å². The summed E-state index contributed by atoms with van der Waals surface area (Å²) in [5.41, 5.74) is 9.18. The number of anilines is 2. The van der Waals surface area contributed by atoms with Crippen LogP contribution in [0.1, 0.15) is 15.9 Å². The van der Waals surface area contributed by atoms with Gasteiger partial charge in [-0.05, 0) is 6.07 Å². The van der Waals surface area contributed by atoms with Crippen molar-refractivity contribution in [3.8, 4) is 11.1 Å². The van der Waals surface area contributed by atoms with Crippen molar-refractivity contribution < 1.29 is 9.59 Å². The molecule has 0 saturated heterocycles. The first-order valence-electron chi connectivity index (χ1n) is 4.99. The quantitative estimate of drug-likeness (QED) is 0.678. The Kier molecular flexibility index (Phi) is 2.02. The molecule has 0 saturated carbocycles. The molecule has 3 N–H and O–H groups in total. The zero-order valence-electron chi connectivity index (χ0n) is 8.69. The number of nitrogens with one attached hydrogen (secondary N) is 1. The van der Waals surface area contributed by atoms with Crippen molar-refractivity contribution in [3.05, 3.63) is 34.7 Å². The summed E-state index contributed by atoms with van der Waals surface area (Å²) in [4.78, 5) is 22.7. The number of thiophene rings is 1. The van der Waals surface area contributed by atoms with E-state index < -0.39 is 0 Å². The zero-order chi connectivity index (χ0) is 12.0. The number of ketones is 1. The number of hydrogen-bond donors (Lipinski definition) is 2. The van der Waals surface area contributed by atoms with Gasteiger partial charge in [-0.2, -0.15) is 0 Å². The molecule has 0 spiro atoms. The second kappa shape index (κ2) is 3.43. The van der Waals surface area contributed by atoms with E-state index in [1.54, 1.807) is 18.2 Å². The Hall–Kier alpha value is -2.14. The van der Waals surface area contributed by atoms with E-state index in [4.69, 9.17) is 5.73 Å². The maximum absolute atomic E-state index is 12.1. The summed E-state index contributed by atoms with van der Waals surface area (Å²) in [5.74, 6) is -0.0664. The highest BCUT2D eigenvalue weighted by atomic mass is 32.1. The fourth-order valence-corrected chi connectivity index (χ4v) is 2.94. The molecular formula is C12H8N2O2S. The summed E-state index contributed by atoms with van der Waals surface area (Å²) < 4.78 is 0. The lowest BCUT2D eigenvalue weighted by Gasteiger charge is -2.05. The Labute approximate surface area is 101 Å². The number of amides is 1. The van der Waals surface area contributed by atoms with Gasteiger partial charge in [-0.25, -0.2) is 0 Å². The third-order valence-electron chi connectivity index (χ3n) is 2.84. The van der Waals surface area contributed by atoms with Crippen molar-refractivity contribution in [3.63, 3.8) is 0 Å². The van der Waals surface area contributed by atoms with Crippen LogP contribution in [0.2, 0.25) is 0 Å². The third kappa shape index (κ3) is 1.23. The van der Waals surface area contributed by atoms with Crippen LogP contribution in [0.25, 0.3) is 11.1 Å². The highest BCUT2D eigenvalue weighted by Gasteiger charge is 2.31. The number of carbonyl (C=O) groups is 2. The van der Waals surface area contributed by atoms with E-state index in [1.165, 1.54) is 11.3 Å². The van der Waals surface area contributed by atoms with Crippen LogP contribution in [0.3, 0.4) is 0 Å². The third-order valence-corrected chi connectivity index (χ3v) is 3.65. The summed E-state index contributed by atoms with van der Waals surface area (Å²) in [6, 6.07) is 5.26. The van der Waals surface area contributed by atoms with E-state index in [2.05, 4.69) is 5.32 Å². The summed E-state index contributed by atoms with van der Waals surface area (Å²) in [7, 11) is 0. The van der Waals surface area contributed by atoms with Gasteiger partial charge in [-0.15, -0.1) is 11.3 Å². The van der Waals surface area contributed by atoms with Crippen LogP contribution < -0.4 is 11.1 Å². The van der Waals surface area contributed by atoms with E-state index >= 15 is 0 Å². The molecule has 1 amide bonds. The predicted molar refractivity (Wildman–Crippen MR) is 67.3 cm³/mol. The average molecular weight is 244 g/mol. The van der Waals surface area contributed by atoms with Crippen molar-refractivity contribution in [2.75, 3.05) is 11.1 Å². The Balaban J connectivity index is 2.33. The maximum atomic E-state index is 12.1. The first kappa shape index (κ1) is 10.0. The van der Waals surface area contributed by atoms with Gasteiger partial charge in [0.25, 0.3) is 0 Å². The van der Waals surface area contributed by atoms with Crippen molar-refractivity contribution in [2.45, 2.75) is 0 Å². The van der Waals surface area contributed by atoms with E-state index in [1.807, 2.05) is 5.38 Å². The second-order valence-electron chi connectivity index (χ2n) is 3.71. The normalized spacial score (nSPS) is 12.1. The summed E-state index contributed by atoms with van der Waals surface area (Å²) >= 11 is 1.34. The summed E-state index contributed by atoms with van der Waals surface area (Å²) in [6.07, 6.45) is 0.605.